The Labute approximate surface area is 174 Å². The summed E-state index contributed by atoms with van der Waals surface area (Å²) >= 11 is 1.37. The molecule has 160 valence electrons. The van der Waals surface area contributed by atoms with Gasteiger partial charge in [-0.15, -0.1) is 11.8 Å². The monoisotopic (exact) mass is 440 g/mol. The molecule has 6 nitrogen and oxygen atoms in total. The summed E-state index contributed by atoms with van der Waals surface area (Å²) in [5.41, 5.74) is -0.878. The summed E-state index contributed by atoms with van der Waals surface area (Å²) in [4.78, 5) is 13.3. The summed E-state index contributed by atoms with van der Waals surface area (Å²) in [5.74, 6) is 0. The van der Waals surface area contributed by atoms with E-state index in [2.05, 4.69) is 10.6 Å². The number of halogens is 3. The average Bonchev–Trinajstić information content (AvgIpc) is 3.15. The zero-order valence-electron chi connectivity index (χ0n) is 15.5. The van der Waals surface area contributed by atoms with Crippen LogP contribution in [0.5, 0.6) is 0 Å². The van der Waals surface area contributed by atoms with Gasteiger partial charge in [0.25, 0.3) is 0 Å². The Bertz CT molecular complexity index is 899. The molecule has 4 rings (SSSR count). The number of amides is 2. The number of carbonyl (C=O) groups excluding carboxylic acids is 1. The highest BCUT2D eigenvalue weighted by atomic mass is 32.2. The van der Waals surface area contributed by atoms with Crippen molar-refractivity contribution >= 4 is 23.5 Å². The van der Waals surface area contributed by atoms with Gasteiger partial charge in [0.05, 0.1) is 29.6 Å². The van der Waals surface area contributed by atoms with Crippen molar-refractivity contribution in [3.05, 3.63) is 60.2 Å². The minimum absolute atomic E-state index is 0.00991. The maximum Gasteiger partial charge on any atom is 0.416 e. The Hall–Kier alpha value is -2.27. The molecule has 2 aliphatic rings. The molecule has 10 heteroatoms. The first-order chi connectivity index (χ1) is 14.3. The van der Waals surface area contributed by atoms with Crippen LogP contribution in [0.15, 0.2) is 59.5 Å². The quantitative estimate of drug-likeness (QED) is 0.679. The van der Waals surface area contributed by atoms with Crippen LogP contribution in [-0.4, -0.2) is 47.5 Å². The van der Waals surface area contributed by atoms with Gasteiger partial charge >= 0.3 is 12.2 Å². The number of hydrogen-bond donors (Lipinski definition) is 3. The lowest BCUT2D eigenvalue weighted by Crippen LogP contribution is -2.60. The average molecular weight is 440 g/mol. The minimum Gasteiger partial charge on any atom is -0.389 e. The Balaban J connectivity index is 1.44. The second-order valence-corrected chi connectivity index (χ2v) is 8.22. The second kappa shape index (κ2) is 8.46. The molecule has 30 heavy (non-hydrogen) atoms. The van der Waals surface area contributed by atoms with Gasteiger partial charge in [-0.1, -0.05) is 24.3 Å². The Morgan fingerprint density at radius 3 is 2.63 bits per heavy atom. The summed E-state index contributed by atoms with van der Waals surface area (Å²) in [6, 6.07) is 12.2. The van der Waals surface area contributed by atoms with E-state index in [1.807, 2.05) is 30.3 Å². The number of ether oxygens (including phenoxy) is 2. The molecular formula is C20H19F3N2O4S. The van der Waals surface area contributed by atoms with Crippen LogP contribution in [0.3, 0.4) is 0 Å². The van der Waals surface area contributed by atoms with E-state index in [9.17, 15) is 23.1 Å². The maximum absolute atomic E-state index is 12.9. The lowest BCUT2D eigenvalue weighted by Gasteiger charge is -2.38. The first-order valence-corrected chi connectivity index (χ1v) is 10.1. The number of aliphatic hydroxyl groups excluding tert-OH is 1. The minimum atomic E-state index is -4.51. The molecule has 2 aromatic carbocycles. The van der Waals surface area contributed by atoms with Crippen LogP contribution in [0.2, 0.25) is 0 Å². The molecule has 2 saturated heterocycles. The molecule has 2 bridgehead atoms. The van der Waals surface area contributed by atoms with Crippen molar-refractivity contribution in [3.8, 4) is 0 Å². The number of hydrogen-bond acceptors (Lipinski definition) is 5. The van der Waals surface area contributed by atoms with Gasteiger partial charge in [-0.2, -0.15) is 13.2 Å². The number of benzene rings is 2. The third-order valence-corrected chi connectivity index (χ3v) is 6.19. The Morgan fingerprint density at radius 2 is 1.90 bits per heavy atom. The first kappa shape index (κ1) is 21.0. The summed E-state index contributed by atoms with van der Waals surface area (Å²) in [6.45, 7) is 0.197. The second-order valence-electron chi connectivity index (χ2n) is 6.97. The van der Waals surface area contributed by atoms with Crippen molar-refractivity contribution in [3.63, 3.8) is 0 Å². The molecule has 5 atom stereocenters. The highest BCUT2D eigenvalue weighted by molar-refractivity contribution is 8.00. The van der Waals surface area contributed by atoms with Gasteiger partial charge in [0.1, 0.15) is 6.10 Å². The van der Waals surface area contributed by atoms with Crippen molar-refractivity contribution < 1.29 is 32.5 Å². The van der Waals surface area contributed by atoms with Crippen molar-refractivity contribution in [2.24, 2.45) is 0 Å². The van der Waals surface area contributed by atoms with E-state index >= 15 is 0 Å². The molecule has 0 aliphatic carbocycles. The SMILES string of the molecule is O=C(Nc1cccc(C(F)(F)F)c1)NC1C2COC(O2)C(Sc2ccccc2)C1O. The standard InChI is InChI=1S/C20H19F3N2O4S/c21-20(22,23)11-5-4-6-12(9-11)24-19(27)25-15-14-10-28-18(29-14)17(16(15)26)30-13-7-2-1-3-8-13/h1-9,14-18,26H,10H2,(H2,24,25,27). The molecule has 2 aromatic rings. The highest BCUT2D eigenvalue weighted by Crippen LogP contribution is 2.38. The molecule has 0 radical (unpaired) electrons. The predicted octanol–water partition coefficient (Wildman–Crippen LogP) is 3.47. The van der Waals surface area contributed by atoms with Crippen LogP contribution in [0.1, 0.15) is 5.56 Å². The van der Waals surface area contributed by atoms with Gasteiger partial charge in [-0.05, 0) is 30.3 Å². The van der Waals surface area contributed by atoms with E-state index in [1.165, 1.54) is 23.9 Å². The predicted molar refractivity (Wildman–Crippen MR) is 104 cm³/mol. The molecule has 2 aliphatic heterocycles. The van der Waals surface area contributed by atoms with Gasteiger partial charge in [-0.25, -0.2) is 4.79 Å². The van der Waals surface area contributed by atoms with Crippen LogP contribution in [0.25, 0.3) is 0 Å². The van der Waals surface area contributed by atoms with Crippen LogP contribution in [0.4, 0.5) is 23.7 Å². The topological polar surface area (TPSA) is 79.8 Å². The molecular weight excluding hydrogens is 421 g/mol. The molecule has 5 unspecified atom stereocenters. The number of anilines is 1. The molecule has 2 amide bonds. The zero-order valence-corrected chi connectivity index (χ0v) is 16.3. The molecule has 0 spiro atoms. The number of nitrogens with one attached hydrogen (secondary N) is 2. The van der Waals surface area contributed by atoms with Gasteiger partial charge < -0.3 is 25.2 Å². The number of carbonyl (C=O) groups is 1. The zero-order chi connectivity index (χ0) is 21.3. The fourth-order valence-electron chi connectivity index (χ4n) is 3.44. The molecule has 3 N–H and O–H groups in total. The van der Waals surface area contributed by atoms with Gasteiger partial charge in [-0.3, -0.25) is 0 Å². The van der Waals surface area contributed by atoms with E-state index in [1.54, 1.807) is 0 Å². The smallest absolute Gasteiger partial charge is 0.389 e. The molecule has 2 fully saturated rings. The Kier molecular flexibility index (Phi) is 5.92. The number of rotatable bonds is 4. The van der Waals surface area contributed by atoms with Crippen LogP contribution in [0, 0.1) is 0 Å². The van der Waals surface area contributed by atoms with Crippen LogP contribution >= 0.6 is 11.8 Å². The van der Waals surface area contributed by atoms with E-state index in [0.29, 0.717) is 0 Å². The normalized spacial score (nSPS) is 28.2. The van der Waals surface area contributed by atoms with Crippen LogP contribution in [-0.2, 0) is 15.7 Å². The number of thioether (sulfide) groups is 1. The van der Waals surface area contributed by atoms with E-state index in [4.69, 9.17) is 9.47 Å². The number of alkyl halides is 3. The first-order valence-electron chi connectivity index (χ1n) is 9.23. The lowest BCUT2D eigenvalue weighted by atomic mass is 10.00. The van der Waals surface area contributed by atoms with Gasteiger partial charge in [0.15, 0.2) is 6.29 Å². The highest BCUT2D eigenvalue weighted by Gasteiger charge is 2.51. The molecule has 0 aromatic heterocycles. The van der Waals surface area contributed by atoms with Crippen molar-refractivity contribution in [2.45, 2.75) is 40.9 Å². The lowest BCUT2D eigenvalue weighted by molar-refractivity contribution is -0.137. The van der Waals surface area contributed by atoms with Crippen molar-refractivity contribution in [1.29, 1.82) is 0 Å². The van der Waals surface area contributed by atoms with E-state index < -0.39 is 47.6 Å². The Morgan fingerprint density at radius 1 is 1.13 bits per heavy atom. The fraction of sp³-hybridized carbons (Fsp3) is 0.350. The van der Waals surface area contributed by atoms with Gasteiger partial charge in [0, 0.05) is 10.6 Å². The summed E-state index contributed by atoms with van der Waals surface area (Å²) in [6.07, 6.45) is -6.65. The molecule has 2 heterocycles. The van der Waals surface area contributed by atoms with E-state index in [-0.39, 0.29) is 12.3 Å². The van der Waals surface area contributed by atoms with Crippen LogP contribution < -0.4 is 10.6 Å². The summed E-state index contributed by atoms with van der Waals surface area (Å²) in [7, 11) is 0. The molecule has 0 saturated carbocycles. The summed E-state index contributed by atoms with van der Waals surface area (Å²) in [5, 5.41) is 15.4. The number of urea groups is 1. The summed E-state index contributed by atoms with van der Waals surface area (Å²) < 4.78 is 50.0. The third kappa shape index (κ3) is 4.56. The third-order valence-electron chi connectivity index (χ3n) is 4.87. The largest absolute Gasteiger partial charge is 0.416 e. The van der Waals surface area contributed by atoms with Gasteiger partial charge in [0.2, 0.25) is 0 Å². The van der Waals surface area contributed by atoms with E-state index in [0.717, 1.165) is 17.0 Å². The fourth-order valence-corrected chi connectivity index (χ4v) is 4.63. The number of aliphatic hydroxyl groups is 1. The number of fused-ring (bicyclic) bond motifs is 2. The van der Waals surface area contributed by atoms with Crippen molar-refractivity contribution in [1.82, 2.24) is 5.32 Å². The van der Waals surface area contributed by atoms with Crippen molar-refractivity contribution in [2.75, 3.05) is 11.9 Å². The maximum atomic E-state index is 12.9.